The number of hydrogen-bond acceptors (Lipinski definition) is 4. The van der Waals surface area contributed by atoms with Gasteiger partial charge in [-0.2, -0.15) is 0 Å². The number of hydrogen-bond donors (Lipinski definition) is 2. The van der Waals surface area contributed by atoms with Gasteiger partial charge in [0.05, 0.1) is 6.04 Å². The Morgan fingerprint density at radius 3 is 2.68 bits per heavy atom. The quantitative estimate of drug-likeness (QED) is 0.834. The topological polar surface area (TPSA) is 70.3 Å². The van der Waals surface area contributed by atoms with Crippen LogP contribution in [0.15, 0.2) is 12.1 Å². The van der Waals surface area contributed by atoms with E-state index < -0.39 is 21.7 Å². The first-order valence-corrected chi connectivity index (χ1v) is 8.60. The van der Waals surface area contributed by atoms with Gasteiger partial charge in [-0.3, -0.25) is 0 Å². The van der Waals surface area contributed by atoms with Crippen molar-refractivity contribution in [2.75, 3.05) is 6.54 Å². The number of fused-ring (bicyclic) bond motifs is 1. The summed E-state index contributed by atoms with van der Waals surface area (Å²) in [5.41, 5.74) is 6.76. The summed E-state index contributed by atoms with van der Waals surface area (Å²) in [5, 5.41) is 0. The fraction of sp³-hybridized carbons (Fsp3) is 0.625. The standard InChI is InChI=1S/C16H25FN2O2S/c1-10(19-22(20)15(2,3)4)13-7-12(17)6-11-8-16(5,9-18)21-14(11)13/h6-7,10,19H,8-9,18H2,1-5H3/t10?,16-,22-/m1/s1. The summed E-state index contributed by atoms with van der Waals surface area (Å²) in [6.07, 6.45) is 0.582. The lowest BCUT2D eigenvalue weighted by atomic mass is 9.97. The van der Waals surface area contributed by atoms with Crippen LogP contribution >= 0.6 is 0 Å². The molecule has 2 rings (SSSR count). The number of ether oxygens (including phenoxy) is 1. The fourth-order valence-corrected chi connectivity index (χ4v) is 3.25. The highest BCUT2D eigenvalue weighted by Gasteiger charge is 2.37. The molecule has 1 aliphatic heterocycles. The van der Waals surface area contributed by atoms with Gasteiger partial charge in [0.15, 0.2) is 0 Å². The summed E-state index contributed by atoms with van der Waals surface area (Å²) in [5.74, 6) is 0.356. The van der Waals surface area contributed by atoms with Crippen molar-refractivity contribution in [3.8, 4) is 5.75 Å². The largest absolute Gasteiger partial charge is 0.598 e. The van der Waals surface area contributed by atoms with Gasteiger partial charge in [-0.15, -0.1) is 4.72 Å². The molecule has 3 atom stereocenters. The molecule has 3 N–H and O–H groups in total. The highest BCUT2D eigenvalue weighted by atomic mass is 32.2. The minimum Gasteiger partial charge on any atom is -0.598 e. The molecule has 1 aromatic rings. The van der Waals surface area contributed by atoms with E-state index in [2.05, 4.69) is 4.72 Å². The van der Waals surface area contributed by atoms with Crippen LogP contribution in [0.3, 0.4) is 0 Å². The van der Waals surface area contributed by atoms with Crippen molar-refractivity contribution in [1.82, 2.24) is 4.72 Å². The Balaban J connectivity index is 2.30. The van der Waals surface area contributed by atoms with Gasteiger partial charge in [0.2, 0.25) is 0 Å². The van der Waals surface area contributed by atoms with Gasteiger partial charge in [-0.05, 0) is 46.8 Å². The first kappa shape index (κ1) is 17.5. The highest BCUT2D eigenvalue weighted by Crippen LogP contribution is 2.40. The van der Waals surface area contributed by atoms with E-state index in [-0.39, 0.29) is 11.9 Å². The third kappa shape index (κ3) is 3.56. The number of nitrogens with two attached hydrogens (primary N) is 1. The van der Waals surface area contributed by atoms with Gasteiger partial charge in [-0.1, -0.05) is 0 Å². The number of rotatable bonds is 4. The Kier molecular flexibility index (Phi) is 4.78. The highest BCUT2D eigenvalue weighted by molar-refractivity contribution is 7.90. The van der Waals surface area contributed by atoms with E-state index in [1.54, 1.807) is 0 Å². The van der Waals surface area contributed by atoms with Crippen LogP contribution in [0.2, 0.25) is 0 Å². The van der Waals surface area contributed by atoms with Crippen LogP contribution in [-0.4, -0.2) is 21.4 Å². The van der Waals surface area contributed by atoms with E-state index in [1.165, 1.54) is 12.1 Å². The molecule has 0 saturated heterocycles. The first-order chi connectivity index (χ1) is 10.1. The second kappa shape index (κ2) is 6.00. The van der Waals surface area contributed by atoms with Crippen LogP contribution in [0.25, 0.3) is 0 Å². The number of benzene rings is 1. The van der Waals surface area contributed by atoms with Crippen LogP contribution in [0, 0.1) is 5.82 Å². The monoisotopic (exact) mass is 328 g/mol. The Hall–Kier alpha value is -0.820. The van der Waals surface area contributed by atoms with E-state index in [4.69, 9.17) is 10.5 Å². The first-order valence-electron chi connectivity index (χ1n) is 7.45. The van der Waals surface area contributed by atoms with Crippen LogP contribution in [0.4, 0.5) is 4.39 Å². The van der Waals surface area contributed by atoms with E-state index in [0.29, 0.717) is 24.3 Å². The van der Waals surface area contributed by atoms with Gasteiger partial charge in [-0.25, -0.2) is 4.39 Å². The lowest BCUT2D eigenvalue weighted by Crippen LogP contribution is -2.41. The van der Waals surface area contributed by atoms with Crippen LogP contribution < -0.4 is 15.2 Å². The summed E-state index contributed by atoms with van der Waals surface area (Å²) in [7, 11) is 0. The Labute approximate surface area is 134 Å². The zero-order chi connectivity index (χ0) is 16.7. The van der Waals surface area contributed by atoms with Gasteiger partial charge in [0.25, 0.3) is 0 Å². The van der Waals surface area contributed by atoms with Crippen molar-refractivity contribution in [2.45, 2.75) is 57.4 Å². The van der Waals surface area contributed by atoms with E-state index >= 15 is 0 Å². The number of halogens is 1. The van der Waals surface area contributed by atoms with Gasteiger partial charge >= 0.3 is 0 Å². The summed E-state index contributed by atoms with van der Waals surface area (Å²) < 4.78 is 34.8. The predicted molar refractivity (Wildman–Crippen MR) is 87.6 cm³/mol. The Morgan fingerprint density at radius 2 is 2.14 bits per heavy atom. The van der Waals surface area contributed by atoms with Crippen LogP contribution in [-0.2, 0) is 17.8 Å². The molecule has 22 heavy (non-hydrogen) atoms. The third-order valence-electron chi connectivity index (χ3n) is 3.81. The lowest BCUT2D eigenvalue weighted by molar-refractivity contribution is 0.124. The molecule has 1 aromatic carbocycles. The molecule has 0 saturated carbocycles. The number of nitrogens with one attached hydrogen (secondary N) is 1. The summed E-state index contributed by atoms with van der Waals surface area (Å²) in [4.78, 5) is 0. The summed E-state index contributed by atoms with van der Waals surface area (Å²) in [6, 6.07) is 2.65. The average molecular weight is 328 g/mol. The maximum atomic E-state index is 13.9. The van der Waals surface area contributed by atoms with Crippen molar-refractivity contribution in [3.05, 3.63) is 29.1 Å². The third-order valence-corrected chi connectivity index (χ3v) is 5.49. The van der Waals surface area contributed by atoms with Crippen LogP contribution in [0.5, 0.6) is 5.75 Å². The van der Waals surface area contributed by atoms with Crippen molar-refractivity contribution < 1.29 is 13.7 Å². The van der Waals surface area contributed by atoms with Crippen molar-refractivity contribution in [3.63, 3.8) is 0 Å². The van der Waals surface area contributed by atoms with E-state index in [9.17, 15) is 8.94 Å². The molecule has 0 fully saturated rings. The van der Waals surface area contributed by atoms with E-state index in [1.807, 2.05) is 34.6 Å². The molecule has 124 valence electrons. The molecule has 0 aromatic heterocycles. The van der Waals surface area contributed by atoms with Crippen molar-refractivity contribution in [1.29, 1.82) is 0 Å². The van der Waals surface area contributed by atoms with Gasteiger partial charge < -0.3 is 15.0 Å². The molecule has 1 unspecified atom stereocenters. The minimum absolute atomic E-state index is 0.287. The molecule has 0 aliphatic carbocycles. The second-order valence-electron chi connectivity index (χ2n) is 7.14. The molecule has 6 heteroatoms. The molecular formula is C16H25FN2O2S. The van der Waals surface area contributed by atoms with Crippen LogP contribution in [0.1, 0.15) is 51.8 Å². The molecule has 1 aliphatic rings. The molecule has 0 spiro atoms. The average Bonchev–Trinajstić information content (AvgIpc) is 2.73. The van der Waals surface area contributed by atoms with Gasteiger partial charge in [0.1, 0.15) is 21.9 Å². The molecular weight excluding hydrogens is 303 g/mol. The molecule has 0 bridgehead atoms. The zero-order valence-electron chi connectivity index (χ0n) is 13.8. The minimum atomic E-state index is -1.24. The molecule has 0 radical (unpaired) electrons. The maximum absolute atomic E-state index is 13.9. The SMILES string of the molecule is CC(N[S@+]([O-])C(C)(C)C)c1cc(F)cc2c1O[C@@](C)(CN)C2. The summed E-state index contributed by atoms with van der Waals surface area (Å²) in [6.45, 7) is 9.81. The predicted octanol–water partition coefficient (Wildman–Crippen LogP) is 2.59. The fourth-order valence-electron chi connectivity index (χ4n) is 2.45. The van der Waals surface area contributed by atoms with Crippen molar-refractivity contribution in [2.24, 2.45) is 5.73 Å². The smallest absolute Gasteiger partial charge is 0.136 e. The summed E-state index contributed by atoms with van der Waals surface area (Å²) >= 11 is -1.24. The second-order valence-corrected chi connectivity index (χ2v) is 9.13. The molecule has 4 nitrogen and oxygen atoms in total. The lowest BCUT2D eigenvalue weighted by Gasteiger charge is -2.27. The Morgan fingerprint density at radius 1 is 1.50 bits per heavy atom. The zero-order valence-corrected chi connectivity index (χ0v) is 14.6. The van der Waals surface area contributed by atoms with Gasteiger partial charge in [0, 0.05) is 35.5 Å². The Bertz CT molecular complexity index is 562. The molecule has 0 amide bonds. The normalized spacial score (nSPS) is 23.8. The maximum Gasteiger partial charge on any atom is 0.136 e. The molecule has 1 heterocycles. The van der Waals surface area contributed by atoms with Crippen molar-refractivity contribution >= 4 is 11.4 Å². The van der Waals surface area contributed by atoms with E-state index in [0.717, 1.165) is 5.56 Å².